The number of rotatable bonds is 3. The SMILES string of the molecule is COP(=O)(/C=C1\CCC=C1C)OC. The second kappa shape index (κ2) is 4.23. The van der Waals surface area contributed by atoms with Crippen LogP contribution in [0.3, 0.4) is 0 Å². The summed E-state index contributed by atoms with van der Waals surface area (Å²) in [6.07, 6.45) is 4.08. The molecule has 4 heteroatoms. The molecule has 0 saturated heterocycles. The number of allylic oxidation sites excluding steroid dienone is 3. The van der Waals surface area contributed by atoms with E-state index in [9.17, 15) is 4.57 Å². The lowest BCUT2D eigenvalue weighted by Crippen LogP contribution is -1.87. The zero-order chi connectivity index (χ0) is 9.90. The minimum atomic E-state index is -2.97. The van der Waals surface area contributed by atoms with Crippen molar-refractivity contribution in [3.8, 4) is 0 Å². The van der Waals surface area contributed by atoms with E-state index in [2.05, 4.69) is 6.08 Å². The summed E-state index contributed by atoms with van der Waals surface area (Å²) in [6, 6.07) is 0. The van der Waals surface area contributed by atoms with E-state index in [0.717, 1.165) is 18.4 Å². The molecule has 0 amide bonds. The van der Waals surface area contributed by atoms with E-state index in [0.29, 0.717) is 0 Å². The van der Waals surface area contributed by atoms with E-state index < -0.39 is 7.60 Å². The summed E-state index contributed by atoms with van der Waals surface area (Å²) in [4.78, 5) is 0. The van der Waals surface area contributed by atoms with E-state index in [1.807, 2.05) is 6.92 Å². The Labute approximate surface area is 79.0 Å². The molecule has 0 aromatic heterocycles. The molecule has 0 spiro atoms. The normalized spacial score (nSPS) is 20.8. The van der Waals surface area contributed by atoms with Crippen LogP contribution in [0.1, 0.15) is 19.8 Å². The Kier molecular flexibility index (Phi) is 3.48. The van der Waals surface area contributed by atoms with Crippen molar-refractivity contribution in [2.24, 2.45) is 0 Å². The highest BCUT2D eigenvalue weighted by Gasteiger charge is 2.20. The summed E-state index contributed by atoms with van der Waals surface area (Å²) >= 11 is 0. The largest absolute Gasteiger partial charge is 0.353 e. The standard InChI is InChI=1S/C9H15O3P/c1-8-5-4-6-9(8)7-13(10,11-2)12-3/h5,7H,4,6H2,1-3H3/b9-7+. The van der Waals surface area contributed by atoms with Gasteiger partial charge in [0.25, 0.3) is 0 Å². The lowest BCUT2D eigenvalue weighted by molar-refractivity contribution is 0.286. The van der Waals surface area contributed by atoms with Crippen molar-refractivity contribution in [2.75, 3.05) is 14.2 Å². The molecule has 0 radical (unpaired) electrons. The molecule has 0 N–H and O–H groups in total. The summed E-state index contributed by atoms with van der Waals surface area (Å²) in [6.45, 7) is 2.01. The Morgan fingerprint density at radius 2 is 2.08 bits per heavy atom. The van der Waals surface area contributed by atoms with Crippen LogP contribution in [0.25, 0.3) is 0 Å². The van der Waals surface area contributed by atoms with Crippen LogP contribution >= 0.6 is 7.60 Å². The predicted molar refractivity (Wildman–Crippen MR) is 52.7 cm³/mol. The smallest absolute Gasteiger partial charge is 0.309 e. The van der Waals surface area contributed by atoms with Crippen LogP contribution in [-0.2, 0) is 13.6 Å². The van der Waals surface area contributed by atoms with E-state index >= 15 is 0 Å². The molecule has 0 heterocycles. The van der Waals surface area contributed by atoms with Crippen molar-refractivity contribution in [3.63, 3.8) is 0 Å². The zero-order valence-corrected chi connectivity index (χ0v) is 9.14. The van der Waals surface area contributed by atoms with Gasteiger partial charge in [-0.2, -0.15) is 0 Å². The van der Waals surface area contributed by atoms with Crippen LogP contribution in [0.2, 0.25) is 0 Å². The average Bonchev–Trinajstić information content (AvgIpc) is 2.52. The van der Waals surface area contributed by atoms with Gasteiger partial charge < -0.3 is 9.05 Å². The Morgan fingerprint density at radius 1 is 1.46 bits per heavy atom. The molecule has 1 aliphatic rings. The third-order valence-electron chi connectivity index (χ3n) is 2.19. The maximum atomic E-state index is 11.7. The third kappa shape index (κ3) is 2.53. The van der Waals surface area contributed by atoms with Gasteiger partial charge in [0.15, 0.2) is 0 Å². The molecule has 0 aromatic carbocycles. The fourth-order valence-corrected chi connectivity index (χ4v) is 2.38. The first-order valence-electron chi connectivity index (χ1n) is 4.21. The molecule has 0 fully saturated rings. The van der Waals surface area contributed by atoms with Gasteiger partial charge in [-0.1, -0.05) is 11.6 Å². The number of hydrogen-bond donors (Lipinski definition) is 0. The van der Waals surface area contributed by atoms with Crippen LogP contribution in [0.15, 0.2) is 23.0 Å². The van der Waals surface area contributed by atoms with Crippen LogP contribution < -0.4 is 0 Å². The maximum absolute atomic E-state index is 11.7. The fraction of sp³-hybridized carbons (Fsp3) is 0.556. The second-order valence-corrected chi connectivity index (χ2v) is 5.05. The third-order valence-corrected chi connectivity index (χ3v) is 3.84. The van der Waals surface area contributed by atoms with Crippen LogP contribution in [0.5, 0.6) is 0 Å². The minimum absolute atomic E-state index is 0.933. The van der Waals surface area contributed by atoms with E-state index in [4.69, 9.17) is 9.05 Å². The van der Waals surface area contributed by atoms with Crippen molar-refractivity contribution in [1.29, 1.82) is 0 Å². The molecule has 1 rings (SSSR count). The highest BCUT2D eigenvalue weighted by Crippen LogP contribution is 2.50. The first-order chi connectivity index (χ1) is 6.11. The lowest BCUT2D eigenvalue weighted by Gasteiger charge is -2.10. The minimum Gasteiger partial charge on any atom is -0.309 e. The van der Waals surface area contributed by atoms with Crippen LogP contribution in [0.4, 0.5) is 0 Å². The van der Waals surface area contributed by atoms with Gasteiger partial charge >= 0.3 is 7.60 Å². The van der Waals surface area contributed by atoms with Crippen molar-refractivity contribution in [1.82, 2.24) is 0 Å². The first kappa shape index (κ1) is 10.7. The Bertz CT molecular complexity index is 283. The highest BCUT2D eigenvalue weighted by molar-refractivity contribution is 7.57. The molecule has 0 saturated carbocycles. The molecule has 0 atom stereocenters. The molecule has 0 aliphatic heterocycles. The second-order valence-electron chi connectivity index (χ2n) is 2.99. The van der Waals surface area contributed by atoms with Crippen LogP contribution in [0, 0.1) is 0 Å². The molecule has 74 valence electrons. The first-order valence-corrected chi connectivity index (χ1v) is 5.82. The Morgan fingerprint density at radius 3 is 2.46 bits per heavy atom. The van der Waals surface area contributed by atoms with Crippen molar-refractivity contribution in [2.45, 2.75) is 19.8 Å². The van der Waals surface area contributed by atoms with E-state index in [1.54, 1.807) is 5.82 Å². The van der Waals surface area contributed by atoms with Crippen molar-refractivity contribution < 1.29 is 13.6 Å². The quantitative estimate of drug-likeness (QED) is 0.659. The summed E-state index contributed by atoms with van der Waals surface area (Å²) < 4.78 is 21.4. The van der Waals surface area contributed by atoms with E-state index in [1.165, 1.54) is 19.8 Å². The topological polar surface area (TPSA) is 35.5 Å². The van der Waals surface area contributed by atoms with Crippen molar-refractivity contribution in [3.05, 3.63) is 23.0 Å². The summed E-state index contributed by atoms with van der Waals surface area (Å²) in [7, 11) is -0.174. The predicted octanol–water partition coefficient (Wildman–Crippen LogP) is 3.10. The number of hydrogen-bond acceptors (Lipinski definition) is 3. The van der Waals surface area contributed by atoms with Gasteiger partial charge in [0, 0.05) is 20.0 Å². The molecular formula is C9H15O3P. The molecular weight excluding hydrogens is 187 g/mol. The summed E-state index contributed by atoms with van der Waals surface area (Å²) in [5, 5.41) is 0. The average molecular weight is 202 g/mol. The molecule has 0 bridgehead atoms. The molecule has 1 aliphatic carbocycles. The lowest BCUT2D eigenvalue weighted by atomic mass is 10.2. The van der Waals surface area contributed by atoms with Crippen LogP contribution in [-0.4, -0.2) is 14.2 Å². The van der Waals surface area contributed by atoms with Gasteiger partial charge in [-0.25, -0.2) is 0 Å². The maximum Gasteiger partial charge on any atom is 0.353 e. The highest BCUT2D eigenvalue weighted by atomic mass is 31.2. The van der Waals surface area contributed by atoms with Gasteiger partial charge in [0.05, 0.1) is 0 Å². The Hall–Kier alpha value is -0.370. The van der Waals surface area contributed by atoms with Gasteiger partial charge in [-0.3, -0.25) is 4.57 Å². The molecule has 3 nitrogen and oxygen atoms in total. The van der Waals surface area contributed by atoms with E-state index in [-0.39, 0.29) is 0 Å². The van der Waals surface area contributed by atoms with Gasteiger partial charge in [0.2, 0.25) is 0 Å². The monoisotopic (exact) mass is 202 g/mol. The Balaban J connectivity index is 2.86. The molecule has 0 unspecified atom stereocenters. The zero-order valence-electron chi connectivity index (χ0n) is 8.24. The van der Waals surface area contributed by atoms with Crippen molar-refractivity contribution >= 4 is 7.60 Å². The summed E-state index contributed by atoms with van der Waals surface area (Å²) in [5.74, 6) is 1.62. The molecule has 13 heavy (non-hydrogen) atoms. The fourth-order valence-electron chi connectivity index (χ4n) is 1.31. The van der Waals surface area contributed by atoms with Gasteiger partial charge in [0.1, 0.15) is 0 Å². The van der Waals surface area contributed by atoms with Gasteiger partial charge in [-0.05, 0) is 25.3 Å². The molecule has 0 aromatic rings. The summed E-state index contributed by atoms with van der Waals surface area (Å²) in [5.41, 5.74) is 2.25. The van der Waals surface area contributed by atoms with Gasteiger partial charge in [-0.15, -0.1) is 0 Å².